The molecule has 1 saturated carbocycles. The van der Waals surface area contributed by atoms with E-state index < -0.39 is 11.3 Å². The van der Waals surface area contributed by atoms with Crippen LogP contribution in [0.2, 0.25) is 0 Å². The third-order valence-electron chi connectivity index (χ3n) is 2.82. The fraction of sp³-hybridized carbons (Fsp3) is 0.727. The van der Waals surface area contributed by atoms with Crippen LogP contribution in [0.25, 0.3) is 0 Å². The monoisotopic (exact) mass is 239 g/mol. The van der Waals surface area contributed by atoms with Gasteiger partial charge in [-0.1, -0.05) is 6.92 Å². The molecule has 1 aliphatic rings. The SMILES string of the molecule is CC1CC(C#N)(C(=O)NCCOCC(N)=O)C1. The zero-order valence-corrected chi connectivity index (χ0v) is 9.86. The number of nitrogens with zero attached hydrogens (tertiary/aromatic N) is 1. The Hall–Kier alpha value is -1.61. The Labute approximate surface area is 100 Å². The molecule has 2 amide bonds. The van der Waals surface area contributed by atoms with Gasteiger partial charge in [-0.25, -0.2) is 0 Å². The lowest BCUT2D eigenvalue weighted by molar-refractivity contribution is -0.134. The number of nitriles is 1. The maximum absolute atomic E-state index is 11.7. The zero-order chi connectivity index (χ0) is 12.9. The summed E-state index contributed by atoms with van der Waals surface area (Å²) in [5, 5.41) is 11.6. The van der Waals surface area contributed by atoms with Crippen LogP contribution < -0.4 is 11.1 Å². The molecule has 0 aliphatic heterocycles. The zero-order valence-electron chi connectivity index (χ0n) is 9.86. The molecule has 1 rings (SSSR count). The highest BCUT2D eigenvalue weighted by Gasteiger charge is 2.48. The van der Waals surface area contributed by atoms with Crippen molar-refractivity contribution in [1.29, 1.82) is 5.26 Å². The molecule has 0 spiro atoms. The second kappa shape index (κ2) is 5.64. The van der Waals surface area contributed by atoms with Crippen LogP contribution in [0.3, 0.4) is 0 Å². The number of ether oxygens (including phenoxy) is 1. The molecule has 6 heteroatoms. The summed E-state index contributed by atoms with van der Waals surface area (Å²) in [6, 6.07) is 2.08. The third-order valence-corrected chi connectivity index (χ3v) is 2.82. The number of carbonyl (C=O) groups excluding carboxylic acids is 2. The molecule has 6 nitrogen and oxygen atoms in total. The molecule has 17 heavy (non-hydrogen) atoms. The number of amides is 2. The van der Waals surface area contributed by atoms with Crippen molar-refractivity contribution in [2.75, 3.05) is 19.8 Å². The molecule has 94 valence electrons. The van der Waals surface area contributed by atoms with E-state index in [1.54, 1.807) is 0 Å². The van der Waals surface area contributed by atoms with Crippen LogP contribution in [0, 0.1) is 22.7 Å². The summed E-state index contributed by atoms with van der Waals surface area (Å²) in [5.41, 5.74) is 4.02. The quantitative estimate of drug-likeness (QED) is 0.612. The molecule has 0 unspecified atom stereocenters. The molecule has 3 N–H and O–H groups in total. The second-order valence-corrected chi connectivity index (χ2v) is 4.48. The third kappa shape index (κ3) is 3.43. The van der Waals surface area contributed by atoms with E-state index in [0.29, 0.717) is 18.8 Å². The molecule has 0 bridgehead atoms. The summed E-state index contributed by atoms with van der Waals surface area (Å²) in [5.74, 6) is -0.370. The first kappa shape index (κ1) is 13.5. The topological polar surface area (TPSA) is 105 Å². The van der Waals surface area contributed by atoms with Crippen molar-refractivity contribution in [2.24, 2.45) is 17.1 Å². The number of hydrogen-bond acceptors (Lipinski definition) is 4. The van der Waals surface area contributed by atoms with Crippen molar-refractivity contribution in [3.63, 3.8) is 0 Å². The lowest BCUT2D eigenvalue weighted by Gasteiger charge is -2.39. The number of nitrogens with two attached hydrogens (primary N) is 1. The molecule has 1 fully saturated rings. The summed E-state index contributed by atoms with van der Waals surface area (Å²) in [6.07, 6.45) is 1.22. The van der Waals surface area contributed by atoms with Crippen LogP contribution in [-0.2, 0) is 14.3 Å². The van der Waals surface area contributed by atoms with Crippen LogP contribution in [0.1, 0.15) is 19.8 Å². The predicted octanol–water partition coefficient (Wildman–Crippen LogP) is -0.456. The minimum absolute atomic E-state index is 0.156. The van der Waals surface area contributed by atoms with Gasteiger partial charge in [0.1, 0.15) is 12.0 Å². The van der Waals surface area contributed by atoms with Gasteiger partial charge in [0, 0.05) is 6.54 Å². The Balaban J connectivity index is 2.21. The Kier molecular flexibility index (Phi) is 4.46. The fourth-order valence-corrected chi connectivity index (χ4v) is 2.04. The number of rotatable bonds is 6. The van der Waals surface area contributed by atoms with Crippen LogP contribution in [0.15, 0.2) is 0 Å². The van der Waals surface area contributed by atoms with E-state index in [0.717, 1.165) is 0 Å². The molecule has 0 radical (unpaired) electrons. The first-order valence-electron chi connectivity index (χ1n) is 5.56. The maximum Gasteiger partial charge on any atom is 0.243 e. The Bertz CT molecular complexity index is 342. The standard InChI is InChI=1S/C11H17N3O3/c1-8-4-11(5-8,7-12)10(16)14-2-3-17-6-9(13)15/h8H,2-6H2,1H3,(H2,13,15)(H,14,16). The average molecular weight is 239 g/mol. The van der Waals surface area contributed by atoms with Crippen molar-refractivity contribution in [2.45, 2.75) is 19.8 Å². The Morgan fingerprint density at radius 1 is 1.59 bits per heavy atom. The molecule has 0 aromatic heterocycles. The minimum atomic E-state index is -0.858. The van der Waals surface area contributed by atoms with E-state index in [2.05, 4.69) is 11.4 Å². The van der Waals surface area contributed by atoms with Crippen molar-refractivity contribution in [1.82, 2.24) is 5.32 Å². The normalized spacial score (nSPS) is 26.7. The number of nitrogens with one attached hydrogen (secondary N) is 1. The summed E-state index contributed by atoms with van der Waals surface area (Å²) in [6.45, 7) is 2.35. The van der Waals surface area contributed by atoms with Gasteiger partial charge in [0.15, 0.2) is 0 Å². The fourth-order valence-electron chi connectivity index (χ4n) is 2.04. The van der Waals surface area contributed by atoms with Crippen molar-refractivity contribution >= 4 is 11.8 Å². The molecular formula is C11H17N3O3. The van der Waals surface area contributed by atoms with Gasteiger partial charge in [-0.3, -0.25) is 9.59 Å². The van der Waals surface area contributed by atoms with Crippen molar-refractivity contribution < 1.29 is 14.3 Å². The Morgan fingerprint density at radius 3 is 2.71 bits per heavy atom. The van der Waals surface area contributed by atoms with Crippen molar-refractivity contribution in [3.05, 3.63) is 0 Å². The highest BCUT2D eigenvalue weighted by Crippen LogP contribution is 2.44. The molecule has 1 aliphatic carbocycles. The average Bonchev–Trinajstić information content (AvgIpc) is 2.23. The van der Waals surface area contributed by atoms with Crippen LogP contribution in [-0.4, -0.2) is 31.6 Å². The smallest absolute Gasteiger partial charge is 0.243 e. The van der Waals surface area contributed by atoms with E-state index >= 15 is 0 Å². The highest BCUT2D eigenvalue weighted by molar-refractivity contribution is 5.86. The van der Waals surface area contributed by atoms with Crippen LogP contribution >= 0.6 is 0 Å². The van der Waals surface area contributed by atoms with Gasteiger partial charge in [0.2, 0.25) is 11.8 Å². The summed E-state index contributed by atoms with van der Waals surface area (Å²) >= 11 is 0. The lowest BCUT2D eigenvalue weighted by Crippen LogP contribution is -2.48. The van der Waals surface area contributed by atoms with Gasteiger partial charge >= 0.3 is 0 Å². The van der Waals surface area contributed by atoms with E-state index in [-0.39, 0.29) is 25.7 Å². The second-order valence-electron chi connectivity index (χ2n) is 4.48. The number of carbonyl (C=O) groups is 2. The Morgan fingerprint density at radius 2 is 2.24 bits per heavy atom. The highest BCUT2D eigenvalue weighted by atomic mass is 16.5. The van der Waals surface area contributed by atoms with Crippen molar-refractivity contribution in [3.8, 4) is 6.07 Å². The van der Waals surface area contributed by atoms with Gasteiger partial charge in [0.05, 0.1) is 12.7 Å². The summed E-state index contributed by atoms with van der Waals surface area (Å²) in [4.78, 5) is 22.1. The molecule has 0 aromatic carbocycles. The van der Waals surface area contributed by atoms with E-state index in [1.807, 2.05) is 6.92 Å². The number of primary amides is 1. The van der Waals surface area contributed by atoms with Crippen LogP contribution in [0.4, 0.5) is 0 Å². The van der Waals surface area contributed by atoms with E-state index in [4.69, 9.17) is 15.7 Å². The van der Waals surface area contributed by atoms with Gasteiger partial charge < -0.3 is 15.8 Å². The summed E-state index contributed by atoms with van der Waals surface area (Å²) in [7, 11) is 0. The first-order chi connectivity index (χ1) is 8.00. The first-order valence-corrected chi connectivity index (χ1v) is 5.56. The minimum Gasteiger partial charge on any atom is -0.370 e. The predicted molar refractivity (Wildman–Crippen MR) is 59.5 cm³/mol. The van der Waals surface area contributed by atoms with Gasteiger partial charge in [-0.15, -0.1) is 0 Å². The maximum atomic E-state index is 11.7. The lowest BCUT2D eigenvalue weighted by atomic mass is 9.63. The molecule has 0 atom stereocenters. The molecule has 0 heterocycles. The van der Waals surface area contributed by atoms with Gasteiger partial charge in [0.25, 0.3) is 0 Å². The largest absolute Gasteiger partial charge is 0.370 e. The van der Waals surface area contributed by atoms with Gasteiger partial charge in [-0.2, -0.15) is 5.26 Å². The van der Waals surface area contributed by atoms with Crippen LogP contribution in [0.5, 0.6) is 0 Å². The van der Waals surface area contributed by atoms with Gasteiger partial charge in [-0.05, 0) is 18.8 Å². The molecule has 0 saturated heterocycles. The summed E-state index contributed by atoms with van der Waals surface area (Å²) < 4.78 is 4.89. The van der Waals surface area contributed by atoms with E-state index in [1.165, 1.54) is 0 Å². The molecular weight excluding hydrogens is 222 g/mol. The number of hydrogen-bond donors (Lipinski definition) is 2. The molecule has 0 aromatic rings. The van der Waals surface area contributed by atoms with E-state index in [9.17, 15) is 9.59 Å².